The van der Waals surface area contributed by atoms with Gasteiger partial charge < -0.3 is 9.88 Å². The highest BCUT2D eigenvalue weighted by molar-refractivity contribution is 7.91. The van der Waals surface area contributed by atoms with E-state index in [-0.39, 0.29) is 23.5 Å². The largest absolute Gasteiger partial charge is 0.348 e. The van der Waals surface area contributed by atoms with E-state index in [1.807, 2.05) is 24.4 Å². The Morgan fingerprint density at radius 2 is 2.09 bits per heavy atom. The molecular weight excluding hydrogens is 300 g/mol. The van der Waals surface area contributed by atoms with Crippen LogP contribution in [0.15, 0.2) is 30.5 Å². The Labute approximate surface area is 130 Å². The monoisotopic (exact) mass is 320 g/mol. The molecule has 2 aromatic rings. The summed E-state index contributed by atoms with van der Waals surface area (Å²) in [6.07, 6.45) is 2.51. The van der Waals surface area contributed by atoms with Gasteiger partial charge in [-0.15, -0.1) is 0 Å². The molecule has 1 saturated heterocycles. The van der Waals surface area contributed by atoms with Gasteiger partial charge in [0.15, 0.2) is 9.84 Å². The van der Waals surface area contributed by atoms with Crippen LogP contribution in [-0.4, -0.2) is 36.4 Å². The molecule has 1 fully saturated rings. The van der Waals surface area contributed by atoms with Crippen LogP contribution in [0, 0.1) is 0 Å². The topological polar surface area (TPSA) is 68.2 Å². The van der Waals surface area contributed by atoms with Crippen LogP contribution in [0.2, 0.25) is 0 Å². The minimum Gasteiger partial charge on any atom is -0.348 e. The van der Waals surface area contributed by atoms with Crippen LogP contribution >= 0.6 is 0 Å². The van der Waals surface area contributed by atoms with E-state index in [4.69, 9.17) is 0 Å². The van der Waals surface area contributed by atoms with Gasteiger partial charge in [0.2, 0.25) is 0 Å². The second kappa shape index (κ2) is 5.43. The van der Waals surface area contributed by atoms with Crippen molar-refractivity contribution in [2.45, 2.75) is 32.4 Å². The molecule has 6 heteroatoms. The Morgan fingerprint density at radius 1 is 1.32 bits per heavy atom. The lowest BCUT2D eigenvalue weighted by Crippen LogP contribution is -2.35. The fourth-order valence-corrected chi connectivity index (χ4v) is 4.59. The summed E-state index contributed by atoms with van der Waals surface area (Å²) in [6, 6.07) is 7.65. The molecule has 2 heterocycles. The number of nitrogens with zero attached hydrogens (tertiary/aromatic N) is 1. The molecule has 0 radical (unpaired) electrons. The van der Waals surface area contributed by atoms with Gasteiger partial charge in [-0.2, -0.15) is 0 Å². The van der Waals surface area contributed by atoms with Crippen molar-refractivity contribution in [3.05, 3.63) is 36.0 Å². The van der Waals surface area contributed by atoms with Crippen molar-refractivity contribution in [3.8, 4) is 0 Å². The predicted octanol–water partition coefficient (Wildman–Crippen LogP) is 2.14. The normalized spacial score (nSPS) is 20.6. The van der Waals surface area contributed by atoms with E-state index in [1.54, 1.807) is 6.07 Å². The molecule has 1 aliphatic heterocycles. The second-order valence-corrected chi connectivity index (χ2v) is 8.39. The van der Waals surface area contributed by atoms with Gasteiger partial charge in [-0.1, -0.05) is 6.07 Å². The number of aromatic nitrogens is 1. The van der Waals surface area contributed by atoms with Gasteiger partial charge in [0.25, 0.3) is 5.91 Å². The molecule has 1 atom stereocenters. The predicted molar refractivity (Wildman–Crippen MR) is 86.8 cm³/mol. The minimum absolute atomic E-state index is 0.0450. The zero-order valence-corrected chi connectivity index (χ0v) is 13.6. The molecule has 1 N–H and O–H groups in total. The van der Waals surface area contributed by atoms with Gasteiger partial charge in [-0.3, -0.25) is 4.79 Å². The van der Waals surface area contributed by atoms with Crippen molar-refractivity contribution in [2.24, 2.45) is 0 Å². The zero-order chi connectivity index (χ0) is 15.9. The summed E-state index contributed by atoms with van der Waals surface area (Å²) >= 11 is 0. The van der Waals surface area contributed by atoms with Gasteiger partial charge in [0.1, 0.15) is 0 Å². The number of sulfone groups is 1. The fraction of sp³-hybridized carbons (Fsp3) is 0.438. The highest BCUT2D eigenvalue weighted by Crippen LogP contribution is 2.21. The van der Waals surface area contributed by atoms with Gasteiger partial charge in [0.05, 0.1) is 11.5 Å². The number of rotatable bonds is 3. The van der Waals surface area contributed by atoms with Crippen LogP contribution in [0.3, 0.4) is 0 Å². The molecule has 1 aromatic carbocycles. The molecule has 1 amide bonds. The lowest BCUT2D eigenvalue weighted by molar-refractivity contribution is 0.0941. The van der Waals surface area contributed by atoms with Crippen LogP contribution in [0.5, 0.6) is 0 Å². The Kier molecular flexibility index (Phi) is 3.72. The summed E-state index contributed by atoms with van der Waals surface area (Å²) in [7, 11) is -2.99. The zero-order valence-electron chi connectivity index (χ0n) is 12.7. The van der Waals surface area contributed by atoms with Crippen LogP contribution in [0.4, 0.5) is 0 Å². The van der Waals surface area contributed by atoms with Crippen molar-refractivity contribution in [1.29, 1.82) is 0 Å². The standard InChI is InChI=1S/C16H20N2O3S/c1-11(2)18-7-5-12-3-4-13(9-15(12)18)16(19)17-14-6-8-22(20,21)10-14/h3-5,7,9,11,14H,6,8,10H2,1-2H3,(H,17,19)/t14-/m1/s1. The molecular formula is C16H20N2O3S. The quantitative estimate of drug-likeness (QED) is 0.942. The van der Waals surface area contributed by atoms with E-state index in [1.165, 1.54) is 0 Å². The maximum absolute atomic E-state index is 12.3. The third-order valence-electron chi connectivity index (χ3n) is 4.11. The molecule has 22 heavy (non-hydrogen) atoms. The van der Waals surface area contributed by atoms with E-state index in [9.17, 15) is 13.2 Å². The molecule has 1 aliphatic rings. The highest BCUT2D eigenvalue weighted by Gasteiger charge is 2.29. The number of nitrogens with one attached hydrogen (secondary N) is 1. The van der Waals surface area contributed by atoms with Gasteiger partial charge >= 0.3 is 0 Å². The number of carbonyl (C=O) groups excluding carboxylic acids is 1. The molecule has 0 spiro atoms. The number of hydrogen-bond acceptors (Lipinski definition) is 3. The summed E-state index contributed by atoms with van der Waals surface area (Å²) in [5.41, 5.74) is 1.58. The SMILES string of the molecule is CC(C)n1ccc2ccc(C(=O)N[C@@H]3CCS(=O)(=O)C3)cc21. The van der Waals surface area contributed by atoms with E-state index < -0.39 is 9.84 Å². The summed E-state index contributed by atoms with van der Waals surface area (Å²) in [5, 5.41) is 3.92. The van der Waals surface area contributed by atoms with Crippen molar-refractivity contribution in [3.63, 3.8) is 0 Å². The van der Waals surface area contributed by atoms with Gasteiger partial charge in [0, 0.05) is 29.4 Å². The smallest absolute Gasteiger partial charge is 0.251 e. The third kappa shape index (κ3) is 2.88. The summed E-state index contributed by atoms with van der Waals surface area (Å²) in [6.45, 7) is 4.19. The molecule has 0 unspecified atom stereocenters. The number of benzene rings is 1. The lowest BCUT2D eigenvalue weighted by atomic mass is 10.1. The number of carbonyl (C=O) groups is 1. The molecule has 118 valence electrons. The third-order valence-corrected chi connectivity index (χ3v) is 5.88. The molecule has 0 aliphatic carbocycles. The average Bonchev–Trinajstić information content (AvgIpc) is 3.01. The number of hydrogen-bond donors (Lipinski definition) is 1. The number of fused-ring (bicyclic) bond motifs is 1. The molecule has 0 saturated carbocycles. The van der Waals surface area contributed by atoms with Gasteiger partial charge in [-0.25, -0.2) is 8.42 Å². The first-order valence-corrected chi connectivity index (χ1v) is 9.30. The molecule has 0 bridgehead atoms. The first-order valence-electron chi connectivity index (χ1n) is 7.47. The summed E-state index contributed by atoms with van der Waals surface area (Å²) < 4.78 is 25.0. The van der Waals surface area contributed by atoms with Crippen molar-refractivity contribution >= 4 is 26.6 Å². The first-order chi connectivity index (χ1) is 10.4. The van der Waals surface area contributed by atoms with E-state index in [2.05, 4.69) is 23.7 Å². The van der Waals surface area contributed by atoms with Crippen molar-refractivity contribution in [2.75, 3.05) is 11.5 Å². The molecule has 5 nitrogen and oxygen atoms in total. The molecule has 3 rings (SSSR count). The Bertz CT molecular complexity index is 821. The Hall–Kier alpha value is -1.82. The maximum atomic E-state index is 12.3. The van der Waals surface area contributed by atoms with Crippen molar-refractivity contribution < 1.29 is 13.2 Å². The van der Waals surface area contributed by atoms with Crippen LogP contribution in [0.25, 0.3) is 10.9 Å². The van der Waals surface area contributed by atoms with Crippen molar-refractivity contribution in [1.82, 2.24) is 9.88 Å². The highest BCUT2D eigenvalue weighted by atomic mass is 32.2. The average molecular weight is 320 g/mol. The second-order valence-electron chi connectivity index (χ2n) is 6.16. The van der Waals surface area contributed by atoms with E-state index in [0.29, 0.717) is 18.0 Å². The van der Waals surface area contributed by atoms with Crippen LogP contribution < -0.4 is 5.32 Å². The summed E-state index contributed by atoms with van der Waals surface area (Å²) in [5.74, 6) is -0.00297. The Balaban J connectivity index is 1.83. The van der Waals surface area contributed by atoms with Crippen LogP contribution in [0.1, 0.15) is 36.7 Å². The summed E-state index contributed by atoms with van der Waals surface area (Å²) in [4.78, 5) is 12.3. The Morgan fingerprint density at radius 3 is 2.73 bits per heavy atom. The maximum Gasteiger partial charge on any atom is 0.251 e. The first kappa shape index (κ1) is 15.1. The fourth-order valence-electron chi connectivity index (χ4n) is 2.92. The van der Waals surface area contributed by atoms with Gasteiger partial charge in [-0.05, 0) is 43.9 Å². The number of amides is 1. The lowest BCUT2D eigenvalue weighted by Gasteiger charge is -2.12. The minimum atomic E-state index is -2.99. The van der Waals surface area contributed by atoms with E-state index in [0.717, 1.165) is 10.9 Å². The van der Waals surface area contributed by atoms with Crippen LogP contribution in [-0.2, 0) is 9.84 Å². The molecule has 1 aromatic heterocycles. The van der Waals surface area contributed by atoms with E-state index >= 15 is 0 Å².